The predicted octanol–water partition coefficient (Wildman–Crippen LogP) is 2.38. The molecule has 0 N–H and O–H groups in total. The maximum atomic E-state index is 12.2. The Morgan fingerprint density at radius 2 is 1.25 bits per heavy atom. The average Bonchev–Trinajstić information content (AvgIpc) is 2.38. The molecule has 0 heterocycles. The summed E-state index contributed by atoms with van der Waals surface area (Å²) < 4.78 is 50.4. The van der Waals surface area contributed by atoms with E-state index in [1.165, 1.54) is 36.4 Å². The summed E-state index contributed by atoms with van der Waals surface area (Å²) in [4.78, 5) is 0.182. The van der Waals surface area contributed by atoms with Gasteiger partial charge < -0.3 is 4.18 Å². The summed E-state index contributed by atoms with van der Waals surface area (Å²) in [6, 6.07) is 12.8. The van der Waals surface area contributed by atoms with Crippen molar-refractivity contribution in [3.05, 3.63) is 54.6 Å². The second-order valence-corrected chi connectivity index (χ2v) is 7.80. The number of rotatable bonds is 4. The van der Waals surface area contributed by atoms with Crippen LogP contribution in [-0.4, -0.2) is 16.8 Å². The maximum Gasteiger partial charge on any atom is 0.401 e. The van der Waals surface area contributed by atoms with Gasteiger partial charge >= 0.3 is 9.33 Å². The highest BCUT2D eigenvalue weighted by Crippen LogP contribution is 2.23. The van der Waals surface area contributed by atoms with Gasteiger partial charge in [0.25, 0.3) is 0 Å². The summed E-state index contributed by atoms with van der Waals surface area (Å²) >= 11 is 0. The number of halogens is 1. The second kappa shape index (κ2) is 5.43. The smallest absolute Gasteiger partial charge is 0.371 e. The quantitative estimate of drug-likeness (QED) is 0.803. The van der Waals surface area contributed by atoms with E-state index < -0.39 is 19.2 Å². The van der Waals surface area contributed by atoms with Crippen LogP contribution in [-0.2, 0) is 19.2 Å². The molecule has 0 saturated carbocycles. The summed E-state index contributed by atoms with van der Waals surface area (Å²) in [6.45, 7) is 0. The molecule has 0 aliphatic rings. The molecule has 0 unspecified atom stereocenters. The van der Waals surface area contributed by atoms with Gasteiger partial charge in [0.15, 0.2) is 0 Å². The van der Waals surface area contributed by atoms with E-state index in [0.29, 0.717) is 0 Å². The number of sulfone groups is 1. The Hall–Kier alpha value is -1.57. The third-order valence-electron chi connectivity index (χ3n) is 2.38. The van der Waals surface area contributed by atoms with Crippen LogP contribution >= 0.6 is 10.7 Å². The zero-order chi connectivity index (χ0) is 14.8. The molecule has 5 nitrogen and oxygen atoms in total. The Balaban J connectivity index is 2.36. The molecular formula is C12H9ClO5S2. The fraction of sp³-hybridized carbons (Fsp3) is 0. The predicted molar refractivity (Wildman–Crippen MR) is 73.7 cm³/mol. The molecule has 20 heavy (non-hydrogen) atoms. The molecule has 2 aromatic carbocycles. The molecule has 0 radical (unpaired) electrons. The monoisotopic (exact) mass is 332 g/mol. The summed E-state index contributed by atoms with van der Waals surface area (Å²) in [6.07, 6.45) is 0. The SMILES string of the molecule is O=S(=O)(Cl)Oc1ccc(S(=O)(=O)c2ccccc2)cc1. The van der Waals surface area contributed by atoms with Gasteiger partial charge in [0.05, 0.1) is 20.5 Å². The van der Waals surface area contributed by atoms with E-state index in [9.17, 15) is 16.8 Å². The van der Waals surface area contributed by atoms with Crippen molar-refractivity contribution in [2.75, 3.05) is 0 Å². The molecule has 0 spiro atoms. The largest absolute Gasteiger partial charge is 0.401 e. The van der Waals surface area contributed by atoms with Gasteiger partial charge in [0.1, 0.15) is 5.75 Å². The molecule has 106 valence electrons. The lowest BCUT2D eigenvalue weighted by atomic mass is 10.3. The van der Waals surface area contributed by atoms with Gasteiger partial charge in [-0.3, -0.25) is 0 Å². The molecule has 0 aliphatic heterocycles. The van der Waals surface area contributed by atoms with Gasteiger partial charge in [-0.15, -0.1) is 0 Å². The number of hydrogen-bond donors (Lipinski definition) is 0. The molecule has 2 rings (SSSR count). The zero-order valence-corrected chi connectivity index (χ0v) is 12.3. The van der Waals surface area contributed by atoms with Crippen molar-refractivity contribution in [1.82, 2.24) is 0 Å². The fourth-order valence-electron chi connectivity index (χ4n) is 1.53. The Labute approximate surface area is 121 Å². The maximum absolute atomic E-state index is 12.2. The van der Waals surface area contributed by atoms with Crippen LogP contribution in [0.4, 0.5) is 0 Å². The van der Waals surface area contributed by atoms with Crippen molar-refractivity contribution in [3.8, 4) is 5.75 Å². The first-order chi connectivity index (χ1) is 9.29. The van der Waals surface area contributed by atoms with Crippen LogP contribution in [0.25, 0.3) is 0 Å². The zero-order valence-electron chi connectivity index (χ0n) is 9.93. The molecule has 0 amide bonds. The van der Waals surface area contributed by atoms with Crippen molar-refractivity contribution < 1.29 is 21.0 Å². The molecule has 0 fully saturated rings. The van der Waals surface area contributed by atoms with E-state index in [0.717, 1.165) is 0 Å². The fourth-order valence-corrected chi connectivity index (χ4v) is 3.37. The Kier molecular flexibility index (Phi) is 4.03. The molecule has 0 atom stereocenters. The van der Waals surface area contributed by atoms with E-state index in [-0.39, 0.29) is 15.5 Å². The highest BCUT2D eigenvalue weighted by molar-refractivity contribution is 8.10. The van der Waals surface area contributed by atoms with Gasteiger partial charge in [0.2, 0.25) is 9.84 Å². The number of hydrogen-bond acceptors (Lipinski definition) is 5. The minimum Gasteiger partial charge on any atom is -0.371 e. The van der Waals surface area contributed by atoms with Gasteiger partial charge in [-0.05, 0) is 36.4 Å². The van der Waals surface area contributed by atoms with E-state index in [2.05, 4.69) is 4.18 Å². The van der Waals surface area contributed by atoms with Crippen molar-refractivity contribution in [1.29, 1.82) is 0 Å². The minimum absolute atomic E-state index is 0.0306. The lowest BCUT2D eigenvalue weighted by Gasteiger charge is -2.05. The molecule has 0 saturated heterocycles. The van der Waals surface area contributed by atoms with E-state index >= 15 is 0 Å². The average molecular weight is 333 g/mol. The highest BCUT2D eigenvalue weighted by Gasteiger charge is 2.17. The standard InChI is InChI=1S/C12H9ClO5S2/c13-20(16,17)18-10-6-8-12(9-7-10)19(14,15)11-4-2-1-3-5-11/h1-9H. The van der Waals surface area contributed by atoms with Crippen LogP contribution in [0.5, 0.6) is 5.75 Å². The third-order valence-corrected chi connectivity index (χ3v) is 4.75. The van der Waals surface area contributed by atoms with E-state index in [4.69, 9.17) is 10.7 Å². The van der Waals surface area contributed by atoms with Gasteiger partial charge in [-0.2, -0.15) is 8.42 Å². The van der Waals surface area contributed by atoms with Gasteiger partial charge in [-0.25, -0.2) is 8.42 Å². The molecule has 0 aromatic heterocycles. The van der Waals surface area contributed by atoms with Crippen molar-refractivity contribution in [3.63, 3.8) is 0 Å². The van der Waals surface area contributed by atoms with Crippen LogP contribution < -0.4 is 4.18 Å². The highest BCUT2D eigenvalue weighted by atomic mass is 35.7. The first-order valence-electron chi connectivity index (χ1n) is 5.33. The van der Waals surface area contributed by atoms with E-state index in [1.807, 2.05) is 0 Å². The first-order valence-corrected chi connectivity index (χ1v) is 9.05. The van der Waals surface area contributed by atoms with Gasteiger partial charge in [0, 0.05) is 0 Å². The van der Waals surface area contributed by atoms with Crippen LogP contribution in [0, 0.1) is 0 Å². The van der Waals surface area contributed by atoms with Crippen LogP contribution in [0.3, 0.4) is 0 Å². The van der Waals surface area contributed by atoms with Crippen LogP contribution in [0.15, 0.2) is 64.4 Å². The molecule has 0 bridgehead atoms. The minimum atomic E-state index is -4.15. The summed E-state index contributed by atoms with van der Waals surface area (Å²) in [7, 11) is -2.87. The molecular weight excluding hydrogens is 324 g/mol. The third kappa shape index (κ3) is 3.50. The van der Waals surface area contributed by atoms with Crippen molar-refractivity contribution >= 4 is 29.9 Å². The Bertz CT molecular complexity index is 797. The molecule has 2 aromatic rings. The van der Waals surface area contributed by atoms with Crippen molar-refractivity contribution in [2.24, 2.45) is 0 Å². The van der Waals surface area contributed by atoms with Crippen LogP contribution in [0.1, 0.15) is 0 Å². The molecule has 8 heteroatoms. The molecule has 0 aliphatic carbocycles. The topological polar surface area (TPSA) is 77.5 Å². The number of benzene rings is 2. The second-order valence-electron chi connectivity index (χ2n) is 3.76. The summed E-state index contributed by atoms with van der Waals surface area (Å²) in [5.74, 6) is -0.0630. The lowest BCUT2D eigenvalue weighted by molar-refractivity contribution is 0.503. The first kappa shape index (κ1) is 14.8. The Morgan fingerprint density at radius 1 is 0.750 bits per heavy atom. The summed E-state index contributed by atoms with van der Waals surface area (Å²) in [5, 5.41) is 0. The lowest BCUT2D eigenvalue weighted by Crippen LogP contribution is -2.03. The Morgan fingerprint density at radius 3 is 1.75 bits per heavy atom. The van der Waals surface area contributed by atoms with E-state index in [1.54, 1.807) is 18.2 Å². The van der Waals surface area contributed by atoms with Crippen LogP contribution in [0.2, 0.25) is 0 Å². The summed E-state index contributed by atoms with van der Waals surface area (Å²) in [5.41, 5.74) is 0. The van der Waals surface area contributed by atoms with Crippen molar-refractivity contribution in [2.45, 2.75) is 9.79 Å². The van der Waals surface area contributed by atoms with Gasteiger partial charge in [-0.1, -0.05) is 18.2 Å². The normalized spacial score (nSPS) is 12.1.